The minimum atomic E-state index is 0.279. The molecular weight excluding hydrogens is 196 g/mol. The molecule has 2 heteroatoms. The molecule has 2 fully saturated rings. The van der Waals surface area contributed by atoms with E-state index < -0.39 is 0 Å². The Kier molecular flexibility index (Phi) is 2.67. The van der Waals surface area contributed by atoms with Crippen LogP contribution in [0.2, 0.25) is 0 Å². The topological polar surface area (TPSA) is 29.3 Å². The summed E-state index contributed by atoms with van der Waals surface area (Å²) in [5.41, 5.74) is 6.63. The Morgan fingerprint density at radius 3 is 2.06 bits per heavy atom. The van der Waals surface area contributed by atoms with Crippen LogP contribution in [0.5, 0.6) is 0 Å². The third-order valence-electron chi connectivity index (χ3n) is 4.35. The maximum absolute atomic E-state index is 6.02. The fraction of sp³-hybridized carbons (Fsp3) is 1.00. The van der Waals surface area contributed by atoms with Gasteiger partial charge in [0.25, 0.3) is 0 Å². The number of nitrogens with two attached hydrogens (primary N) is 1. The van der Waals surface area contributed by atoms with Crippen molar-refractivity contribution in [1.29, 1.82) is 0 Å². The van der Waals surface area contributed by atoms with Gasteiger partial charge < -0.3 is 5.73 Å². The number of nitrogens with zero attached hydrogens (tertiary/aromatic N) is 1. The first-order valence-corrected chi connectivity index (χ1v) is 6.66. The van der Waals surface area contributed by atoms with Crippen molar-refractivity contribution in [2.75, 3.05) is 6.54 Å². The van der Waals surface area contributed by atoms with Crippen LogP contribution in [0.25, 0.3) is 0 Å². The van der Waals surface area contributed by atoms with Gasteiger partial charge in [0.2, 0.25) is 0 Å². The van der Waals surface area contributed by atoms with E-state index in [4.69, 9.17) is 5.73 Å². The van der Waals surface area contributed by atoms with Gasteiger partial charge in [-0.25, -0.2) is 0 Å². The van der Waals surface area contributed by atoms with E-state index in [0.717, 1.165) is 18.5 Å². The molecule has 0 radical (unpaired) electrons. The SMILES string of the molecule is CC(C)(C)C1[C@H](CN)[C@H]2CC2N1C(C)(C)C. The van der Waals surface area contributed by atoms with Crippen LogP contribution in [0, 0.1) is 17.3 Å². The molecule has 0 aromatic rings. The zero-order valence-electron chi connectivity index (χ0n) is 11.7. The smallest absolute Gasteiger partial charge is 0.0195 e. The molecule has 1 aliphatic heterocycles. The maximum Gasteiger partial charge on any atom is 0.0195 e. The van der Waals surface area contributed by atoms with E-state index in [0.29, 0.717) is 17.4 Å². The lowest BCUT2D eigenvalue weighted by atomic mass is 9.76. The molecule has 2 aliphatic rings. The van der Waals surface area contributed by atoms with Gasteiger partial charge in [-0.3, -0.25) is 4.90 Å². The van der Waals surface area contributed by atoms with Crippen molar-refractivity contribution in [3.05, 3.63) is 0 Å². The van der Waals surface area contributed by atoms with Crippen LogP contribution in [0.1, 0.15) is 48.0 Å². The molecular formula is C14H28N2. The van der Waals surface area contributed by atoms with Gasteiger partial charge in [-0.05, 0) is 51.0 Å². The van der Waals surface area contributed by atoms with Gasteiger partial charge in [0, 0.05) is 17.6 Å². The number of rotatable bonds is 1. The number of piperidine rings is 1. The van der Waals surface area contributed by atoms with Crippen LogP contribution in [-0.2, 0) is 0 Å². The van der Waals surface area contributed by atoms with Gasteiger partial charge in [0.1, 0.15) is 0 Å². The van der Waals surface area contributed by atoms with Crippen LogP contribution in [-0.4, -0.2) is 29.1 Å². The fourth-order valence-electron chi connectivity index (χ4n) is 3.90. The summed E-state index contributed by atoms with van der Waals surface area (Å²) in [4.78, 5) is 2.76. The second kappa shape index (κ2) is 3.46. The largest absolute Gasteiger partial charge is 0.330 e. The van der Waals surface area contributed by atoms with E-state index in [2.05, 4.69) is 46.4 Å². The minimum absolute atomic E-state index is 0.279. The summed E-state index contributed by atoms with van der Waals surface area (Å²) in [5.74, 6) is 1.60. The summed E-state index contributed by atoms with van der Waals surface area (Å²) in [7, 11) is 0. The predicted molar refractivity (Wildman–Crippen MR) is 69.3 cm³/mol. The average molecular weight is 224 g/mol. The van der Waals surface area contributed by atoms with E-state index in [1.165, 1.54) is 6.42 Å². The van der Waals surface area contributed by atoms with E-state index >= 15 is 0 Å². The summed E-state index contributed by atoms with van der Waals surface area (Å²) < 4.78 is 0. The highest BCUT2D eigenvalue weighted by Crippen LogP contribution is 2.57. The molecule has 2 nitrogen and oxygen atoms in total. The molecule has 0 bridgehead atoms. The van der Waals surface area contributed by atoms with E-state index in [-0.39, 0.29) is 5.54 Å². The molecule has 1 saturated carbocycles. The van der Waals surface area contributed by atoms with Crippen LogP contribution in [0.3, 0.4) is 0 Å². The van der Waals surface area contributed by atoms with Crippen molar-refractivity contribution in [1.82, 2.24) is 4.90 Å². The van der Waals surface area contributed by atoms with Crippen molar-refractivity contribution in [3.8, 4) is 0 Å². The van der Waals surface area contributed by atoms with Crippen LogP contribution in [0.4, 0.5) is 0 Å². The molecule has 0 aromatic carbocycles. The average Bonchev–Trinajstić information content (AvgIpc) is 2.75. The molecule has 2 N–H and O–H groups in total. The molecule has 0 aromatic heterocycles. The van der Waals surface area contributed by atoms with Gasteiger partial charge in [-0.15, -0.1) is 0 Å². The number of hydrogen-bond donors (Lipinski definition) is 1. The minimum Gasteiger partial charge on any atom is -0.330 e. The number of hydrogen-bond acceptors (Lipinski definition) is 2. The highest BCUT2D eigenvalue weighted by Gasteiger charge is 2.62. The lowest BCUT2D eigenvalue weighted by Gasteiger charge is -2.47. The van der Waals surface area contributed by atoms with Gasteiger partial charge in [-0.2, -0.15) is 0 Å². The van der Waals surface area contributed by atoms with E-state index in [1.807, 2.05) is 0 Å². The highest BCUT2D eigenvalue weighted by atomic mass is 15.3. The first-order valence-electron chi connectivity index (χ1n) is 6.66. The molecule has 4 atom stereocenters. The zero-order chi connectivity index (χ0) is 12.3. The van der Waals surface area contributed by atoms with Gasteiger partial charge in [0.15, 0.2) is 0 Å². The first-order chi connectivity index (χ1) is 7.18. The molecule has 0 amide bonds. The van der Waals surface area contributed by atoms with Crippen LogP contribution < -0.4 is 5.73 Å². The van der Waals surface area contributed by atoms with Crippen molar-refractivity contribution in [3.63, 3.8) is 0 Å². The quantitative estimate of drug-likeness (QED) is 0.741. The monoisotopic (exact) mass is 224 g/mol. The Morgan fingerprint density at radius 2 is 1.69 bits per heavy atom. The molecule has 2 unspecified atom stereocenters. The number of likely N-dealkylation sites (tertiary alicyclic amines) is 1. The first kappa shape index (κ1) is 12.4. The second-order valence-electron chi connectivity index (χ2n) is 7.76. The zero-order valence-corrected chi connectivity index (χ0v) is 11.7. The standard InChI is InChI=1S/C14H28N2/c1-13(2,3)12-10(8-15)9-7-11(9)16(12)14(4,5)6/h9-12H,7-8,15H2,1-6H3/t9-,10-,11?,12?/m1/s1. The molecule has 94 valence electrons. The summed E-state index contributed by atoms with van der Waals surface area (Å²) in [6.07, 6.45) is 1.38. The number of fused-ring (bicyclic) bond motifs is 1. The van der Waals surface area contributed by atoms with Crippen molar-refractivity contribution in [2.45, 2.75) is 65.6 Å². The van der Waals surface area contributed by atoms with Gasteiger partial charge in [0.05, 0.1) is 0 Å². The Labute approximate surface area is 101 Å². The van der Waals surface area contributed by atoms with Gasteiger partial charge >= 0.3 is 0 Å². The summed E-state index contributed by atoms with van der Waals surface area (Å²) in [6, 6.07) is 1.47. The summed E-state index contributed by atoms with van der Waals surface area (Å²) >= 11 is 0. The third-order valence-corrected chi connectivity index (χ3v) is 4.35. The Hall–Kier alpha value is -0.0800. The maximum atomic E-state index is 6.02. The molecule has 2 rings (SSSR count). The summed E-state index contributed by atoms with van der Waals surface area (Å²) in [5, 5.41) is 0. The van der Waals surface area contributed by atoms with E-state index in [1.54, 1.807) is 0 Å². The second-order valence-corrected chi connectivity index (χ2v) is 7.76. The van der Waals surface area contributed by atoms with Gasteiger partial charge in [-0.1, -0.05) is 20.8 Å². The third kappa shape index (κ3) is 1.80. The molecule has 0 spiro atoms. The lowest BCUT2D eigenvalue weighted by Crippen LogP contribution is -2.54. The Bertz CT molecular complexity index is 271. The van der Waals surface area contributed by atoms with Crippen molar-refractivity contribution < 1.29 is 0 Å². The van der Waals surface area contributed by atoms with Crippen molar-refractivity contribution in [2.24, 2.45) is 23.0 Å². The summed E-state index contributed by atoms with van der Waals surface area (Å²) in [6.45, 7) is 15.0. The Balaban J connectivity index is 2.30. The molecule has 16 heavy (non-hydrogen) atoms. The van der Waals surface area contributed by atoms with Crippen LogP contribution >= 0.6 is 0 Å². The fourth-order valence-corrected chi connectivity index (χ4v) is 3.90. The van der Waals surface area contributed by atoms with E-state index in [9.17, 15) is 0 Å². The molecule has 1 heterocycles. The normalized spacial score (nSPS) is 39.9. The molecule has 1 aliphatic carbocycles. The predicted octanol–water partition coefficient (Wildman–Crippen LogP) is 2.48. The lowest BCUT2D eigenvalue weighted by molar-refractivity contribution is 0.0161. The highest BCUT2D eigenvalue weighted by molar-refractivity contribution is 5.15. The van der Waals surface area contributed by atoms with Crippen molar-refractivity contribution >= 4 is 0 Å². The Morgan fingerprint density at radius 1 is 1.12 bits per heavy atom. The van der Waals surface area contributed by atoms with Crippen LogP contribution in [0.15, 0.2) is 0 Å². The molecule has 1 saturated heterocycles.